The molecule has 4 aromatic rings. The number of imide groups is 1. The zero-order valence-corrected chi connectivity index (χ0v) is 17.4. The number of nitrogens with one attached hydrogen (secondary N) is 1. The standard InChI is InChI=1S/C27H20N2O3/c1-32-21-14-8-13-20(17-21)29-26(30)24(19-10-3-2-4-11-19)25(27(29)31)28-23-16-7-12-18-9-5-6-15-22(18)23/h2-17,28H,1H3. The lowest BCUT2D eigenvalue weighted by atomic mass is 10.0. The predicted molar refractivity (Wildman–Crippen MR) is 126 cm³/mol. The van der Waals surface area contributed by atoms with Gasteiger partial charge >= 0.3 is 0 Å². The number of anilines is 2. The Balaban J connectivity index is 1.65. The molecule has 0 aliphatic carbocycles. The Labute approximate surface area is 185 Å². The topological polar surface area (TPSA) is 58.6 Å². The number of benzene rings is 4. The Bertz CT molecular complexity index is 1370. The van der Waals surface area contributed by atoms with Gasteiger partial charge in [-0.3, -0.25) is 9.59 Å². The lowest BCUT2D eigenvalue weighted by Crippen LogP contribution is -2.32. The van der Waals surface area contributed by atoms with Crippen LogP contribution in [-0.2, 0) is 9.59 Å². The third-order valence-electron chi connectivity index (χ3n) is 5.51. The number of fused-ring (bicyclic) bond motifs is 1. The van der Waals surface area contributed by atoms with Gasteiger partial charge in [0.2, 0.25) is 0 Å². The molecule has 0 radical (unpaired) electrons. The predicted octanol–water partition coefficient (Wildman–Crippen LogP) is 5.25. The van der Waals surface area contributed by atoms with Crippen molar-refractivity contribution < 1.29 is 14.3 Å². The number of carbonyl (C=O) groups is 2. The normalized spacial score (nSPS) is 13.7. The van der Waals surface area contributed by atoms with E-state index in [9.17, 15) is 9.59 Å². The minimum atomic E-state index is -0.407. The van der Waals surface area contributed by atoms with Crippen molar-refractivity contribution in [3.8, 4) is 5.75 Å². The van der Waals surface area contributed by atoms with Crippen molar-refractivity contribution in [3.63, 3.8) is 0 Å². The number of carbonyl (C=O) groups excluding carboxylic acids is 2. The molecule has 0 atom stereocenters. The molecule has 0 saturated carbocycles. The van der Waals surface area contributed by atoms with Crippen molar-refractivity contribution in [1.29, 1.82) is 0 Å². The Morgan fingerprint density at radius 1 is 0.750 bits per heavy atom. The van der Waals surface area contributed by atoms with Crippen LogP contribution < -0.4 is 15.0 Å². The van der Waals surface area contributed by atoms with Crippen molar-refractivity contribution in [2.24, 2.45) is 0 Å². The highest BCUT2D eigenvalue weighted by atomic mass is 16.5. The van der Waals surface area contributed by atoms with Crippen LogP contribution in [-0.4, -0.2) is 18.9 Å². The van der Waals surface area contributed by atoms with Crippen molar-refractivity contribution in [2.75, 3.05) is 17.3 Å². The average molecular weight is 420 g/mol. The van der Waals surface area contributed by atoms with Gasteiger partial charge in [-0.1, -0.05) is 72.8 Å². The van der Waals surface area contributed by atoms with Gasteiger partial charge in [-0.25, -0.2) is 4.90 Å². The van der Waals surface area contributed by atoms with E-state index in [0.717, 1.165) is 16.5 Å². The van der Waals surface area contributed by atoms with Crippen LogP contribution in [0.3, 0.4) is 0 Å². The Hall–Kier alpha value is -4.38. The SMILES string of the molecule is COc1cccc(N2C(=O)C(Nc3cccc4ccccc34)=C(c3ccccc3)C2=O)c1. The first kappa shape index (κ1) is 19.6. The molecular weight excluding hydrogens is 400 g/mol. The summed E-state index contributed by atoms with van der Waals surface area (Å²) in [7, 11) is 1.55. The number of rotatable bonds is 5. The third kappa shape index (κ3) is 3.30. The zero-order valence-electron chi connectivity index (χ0n) is 17.4. The monoisotopic (exact) mass is 420 g/mol. The summed E-state index contributed by atoms with van der Waals surface area (Å²) in [6, 6.07) is 29.9. The maximum atomic E-state index is 13.6. The van der Waals surface area contributed by atoms with Crippen LogP contribution in [0.2, 0.25) is 0 Å². The average Bonchev–Trinajstić information content (AvgIpc) is 3.09. The van der Waals surface area contributed by atoms with Gasteiger partial charge in [-0.05, 0) is 29.1 Å². The fourth-order valence-electron chi connectivity index (χ4n) is 3.97. The van der Waals surface area contributed by atoms with E-state index in [1.54, 1.807) is 31.4 Å². The first-order chi connectivity index (χ1) is 15.7. The van der Waals surface area contributed by atoms with E-state index in [4.69, 9.17) is 4.74 Å². The molecule has 0 spiro atoms. The summed E-state index contributed by atoms with van der Waals surface area (Å²) in [5, 5.41) is 5.29. The number of methoxy groups -OCH3 is 1. The van der Waals surface area contributed by atoms with E-state index < -0.39 is 5.91 Å². The lowest BCUT2D eigenvalue weighted by Gasteiger charge is -2.16. The molecule has 32 heavy (non-hydrogen) atoms. The Morgan fingerprint density at radius 2 is 1.47 bits per heavy atom. The van der Waals surface area contributed by atoms with Crippen LogP contribution >= 0.6 is 0 Å². The number of nitrogens with zero attached hydrogens (tertiary/aromatic N) is 1. The summed E-state index contributed by atoms with van der Waals surface area (Å²) < 4.78 is 5.29. The fourth-order valence-corrected chi connectivity index (χ4v) is 3.97. The van der Waals surface area contributed by atoms with Crippen LogP contribution in [0.4, 0.5) is 11.4 Å². The first-order valence-electron chi connectivity index (χ1n) is 10.2. The van der Waals surface area contributed by atoms with Gasteiger partial charge in [0.15, 0.2) is 0 Å². The molecule has 0 bridgehead atoms. The quantitative estimate of drug-likeness (QED) is 0.448. The molecule has 5 rings (SSSR count). The van der Waals surface area contributed by atoms with Crippen LogP contribution in [0, 0.1) is 0 Å². The summed E-state index contributed by atoms with van der Waals surface area (Å²) in [6.45, 7) is 0. The summed E-state index contributed by atoms with van der Waals surface area (Å²) >= 11 is 0. The summed E-state index contributed by atoms with van der Waals surface area (Å²) in [6.07, 6.45) is 0. The van der Waals surface area contributed by atoms with Gasteiger partial charge < -0.3 is 10.1 Å². The van der Waals surface area contributed by atoms with Crippen LogP contribution in [0.1, 0.15) is 5.56 Å². The number of hydrogen-bond acceptors (Lipinski definition) is 4. The molecule has 0 fully saturated rings. The van der Waals surface area contributed by atoms with Crippen molar-refractivity contribution >= 4 is 39.5 Å². The highest BCUT2D eigenvalue weighted by Gasteiger charge is 2.40. The van der Waals surface area contributed by atoms with Crippen LogP contribution in [0.15, 0.2) is 103 Å². The second-order valence-corrected chi connectivity index (χ2v) is 7.41. The van der Waals surface area contributed by atoms with Gasteiger partial charge in [0.05, 0.1) is 18.4 Å². The summed E-state index contributed by atoms with van der Waals surface area (Å²) in [4.78, 5) is 28.3. The number of ether oxygens (including phenoxy) is 1. The lowest BCUT2D eigenvalue weighted by molar-refractivity contribution is -0.120. The molecule has 1 N–H and O–H groups in total. The van der Waals surface area contributed by atoms with E-state index >= 15 is 0 Å². The highest BCUT2D eigenvalue weighted by molar-refractivity contribution is 6.46. The fraction of sp³-hybridized carbons (Fsp3) is 0.0370. The zero-order chi connectivity index (χ0) is 22.1. The van der Waals surface area contributed by atoms with E-state index in [1.165, 1.54) is 4.90 Å². The molecule has 4 aromatic carbocycles. The molecule has 1 aliphatic rings. The van der Waals surface area contributed by atoms with Crippen LogP contribution in [0.25, 0.3) is 16.3 Å². The van der Waals surface area contributed by atoms with E-state index in [-0.39, 0.29) is 11.6 Å². The highest BCUT2D eigenvalue weighted by Crippen LogP contribution is 2.36. The molecular formula is C27H20N2O3. The Morgan fingerprint density at radius 3 is 2.28 bits per heavy atom. The number of amides is 2. The van der Waals surface area contributed by atoms with Crippen molar-refractivity contribution in [1.82, 2.24) is 0 Å². The molecule has 1 heterocycles. The van der Waals surface area contributed by atoms with Gasteiger partial charge in [-0.2, -0.15) is 0 Å². The van der Waals surface area contributed by atoms with Crippen LogP contribution in [0.5, 0.6) is 5.75 Å². The van der Waals surface area contributed by atoms with E-state index in [0.29, 0.717) is 22.6 Å². The molecule has 156 valence electrons. The van der Waals surface area contributed by atoms with Gasteiger partial charge in [0.1, 0.15) is 11.4 Å². The molecule has 2 amide bonds. The van der Waals surface area contributed by atoms with E-state index in [2.05, 4.69) is 5.32 Å². The maximum absolute atomic E-state index is 13.6. The van der Waals surface area contributed by atoms with Gasteiger partial charge in [0, 0.05) is 17.1 Å². The van der Waals surface area contributed by atoms with Gasteiger partial charge in [0.25, 0.3) is 11.8 Å². The molecule has 5 nitrogen and oxygen atoms in total. The van der Waals surface area contributed by atoms with Crippen molar-refractivity contribution in [2.45, 2.75) is 0 Å². The molecule has 1 aliphatic heterocycles. The minimum Gasteiger partial charge on any atom is -0.497 e. The maximum Gasteiger partial charge on any atom is 0.282 e. The molecule has 0 aromatic heterocycles. The summed E-state index contributed by atoms with van der Waals surface area (Å²) in [5.74, 6) is -0.216. The second kappa shape index (κ2) is 8.04. The summed E-state index contributed by atoms with van der Waals surface area (Å²) in [5.41, 5.74) is 2.49. The largest absolute Gasteiger partial charge is 0.497 e. The second-order valence-electron chi connectivity index (χ2n) is 7.41. The molecule has 0 saturated heterocycles. The minimum absolute atomic E-state index is 0.250. The third-order valence-corrected chi connectivity index (χ3v) is 5.51. The smallest absolute Gasteiger partial charge is 0.282 e. The Kier molecular flexibility index (Phi) is 4.92. The van der Waals surface area contributed by atoms with Crippen molar-refractivity contribution in [3.05, 3.63) is 108 Å². The van der Waals surface area contributed by atoms with Gasteiger partial charge in [-0.15, -0.1) is 0 Å². The number of hydrogen-bond donors (Lipinski definition) is 1. The molecule has 0 unspecified atom stereocenters. The molecule has 5 heteroatoms. The van der Waals surface area contributed by atoms with E-state index in [1.807, 2.05) is 72.8 Å². The first-order valence-corrected chi connectivity index (χ1v) is 10.2.